The molecule has 0 saturated carbocycles. The van der Waals surface area contributed by atoms with Gasteiger partial charge in [-0.1, -0.05) is 22.6 Å². The molecule has 0 aliphatic carbocycles. The van der Waals surface area contributed by atoms with Gasteiger partial charge >= 0.3 is 23.9 Å². The summed E-state index contributed by atoms with van der Waals surface area (Å²) < 4.78 is 41.0. The average Bonchev–Trinajstić information content (AvgIpc) is 2.66. The molecule has 0 aromatic rings. The quantitative estimate of drug-likeness (QED) is 0.186. The molecule has 0 radical (unpaired) electrons. The Hall–Kier alpha value is -2.03. The van der Waals surface area contributed by atoms with Crippen molar-refractivity contribution in [3.05, 3.63) is 0 Å². The summed E-state index contributed by atoms with van der Waals surface area (Å²) in [6, 6.07) is -1.39. The zero-order valence-corrected chi connectivity index (χ0v) is 19.7. The monoisotopic (exact) mass is 561 g/mol. The SMILES string of the molecule is COC(=O)C1O[C@@H]([C@H](OC(C)=O)[C@@H](CI)OC(C)=O)[C@H](NC(C)=O)[C@@H](OC(C)=O)[C@H]1F. The first-order chi connectivity index (χ1) is 14.4. The summed E-state index contributed by atoms with van der Waals surface area (Å²) in [6.45, 7) is 4.36. The van der Waals surface area contributed by atoms with Crippen molar-refractivity contribution in [3.8, 4) is 0 Å². The smallest absolute Gasteiger partial charge is 0.338 e. The fourth-order valence-corrected chi connectivity index (χ4v) is 3.83. The molecular formula is C18H25FINO10. The van der Waals surface area contributed by atoms with Crippen LogP contribution < -0.4 is 5.32 Å². The molecule has 1 saturated heterocycles. The van der Waals surface area contributed by atoms with Gasteiger partial charge in [0, 0.05) is 32.1 Å². The van der Waals surface area contributed by atoms with Gasteiger partial charge < -0.3 is 29.0 Å². The van der Waals surface area contributed by atoms with Crippen LogP contribution in [0.4, 0.5) is 4.39 Å². The maximum atomic E-state index is 15.2. The van der Waals surface area contributed by atoms with Crippen LogP contribution in [-0.2, 0) is 47.7 Å². The van der Waals surface area contributed by atoms with E-state index in [1.54, 1.807) is 0 Å². The van der Waals surface area contributed by atoms with E-state index in [-0.39, 0.29) is 4.43 Å². The summed E-state index contributed by atoms with van der Waals surface area (Å²) in [5.41, 5.74) is 0. The second-order valence-corrected chi connectivity index (χ2v) is 7.55. The van der Waals surface area contributed by atoms with E-state index in [1.165, 1.54) is 0 Å². The summed E-state index contributed by atoms with van der Waals surface area (Å²) in [5, 5.41) is 2.41. The zero-order valence-electron chi connectivity index (χ0n) is 17.6. The molecule has 1 N–H and O–H groups in total. The van der Waals surface area contributed by atoms with Crippen molar-refractivity contribution in [1.82, 2.24) is 5.32 Å². The van der Waals surface area contributed by atoms with Crippen molar-refractivity contribution >= 4 is 52.4 Å². The Morgan fingerprint density at radius 2 is 1.61 bits per heavy atom. The maximum absolute atomic E-state index is 15.2. The molecule has 0 spiro atoms. The highest BCUT2D eigenvalue weighted by Crippen LogP contribution is 2.31. The molecule has 0 aromatic carbocycles. The first kappa shape index (κ1) is 27.0. The molecule has 1 rings (SSSR count). The maximum Gasteiger partial charge on any atom is 0.338 e. The Balaban J connectivity index is 3.56. The number of alkyl halides is 2. The molecule has 1 aliphatic rings. The van der Waals surface area contributed by atoms with E-state index in [9.17, 15) is 24.0 Å². The number of nitrogens with one attached hydrogen (secondary N) is 1. The van der Waals surface area contributed by atoms with Crippen LogP contribution in [0, 0.1) is 0 Å². The van der Waals surface area contributed by atoms with Crippen molar-refractivity contribution in [3.63, 3.8) is 0 Å². The minimum Gasteiger partial charge on any atom is -0.467 e. The van der Waals surface area contributed by atoms with E-state index in [0.717, 1.165) is 34.8 Å². The number of ether oxygens (including phenoxy) is 5. The molecule has 11 nitrogen and oxygen atoms in total. The molecule has 13 heteroatoms. The fourth-order valence-electron chi connectivity index (χ4n) is 3.14. The standard InChI is InChI=1S/C18H25FINO10/c1-7(22)21-13-15(30-10(4)25)12(19)16(18(26)27-5)31-17(13)14(29-9(3)24)11(6-20)28-8(2)23/h11-17H,6H2,1-5H3,(H,21,22)/t11-,12-,13-,14-,15+,16?,17-/m1/s1. The first-order valence-electron chi connectivity index (χ1n) is 9.14. The van der Waals surface area contributed by atoms with Crippen LogP contribution >= 0.6 is 22.6 Å². The second-order valence-electron chi connectivity index (χ2n) is 6.67. The summed E-state index contributed by atoms with van der Waals surface area (Å²) in [4.78, 5) is 58.9. The zero-order chi connectivity index (χ0) is 23.9. The summed E-state index contributed by atoms with van der Waals surface area (Å²) >= 11 is 1.87. The second kappa shape index (κ2) is 12.1. The van der Waals surface area contributed by atoms with Crippen LogP contribution in [0.2, 0.25) is 0 Å². The van der Waals surface area contributed by atoms with Crippen LogP contribution in [0.5, 0.6) is 0 Å². The number of carbonyl (C=O) groups is 5. The molecule has 1 fully saturated rings. The van der Waals surface area contributed by atoms with E-state index >= 15 is 4.39 Å². The Morgan fingerprint density at radius 3 is 2.03 bits per heavy atom. The number of amides is 1. The van der Waals surface area contributed by atoms with Crippen LogP contribution in [0.3, 0.4) is 0 Å². The minimum atomic E-state index is -2.21. The normalized spacial score (nSPS) is 27.3. The highest BCUT2D eigenvalue weighted by Gasteiger charge is 2.56. The van der Waals surface area contributed by atoms with E-state index < -0.39 is 72.5 Å². The molecule has 1 heterocycles. The van der Waals surface area contributed by atoms with E-state index in [0.29, 0.717) is 0 Å². The highest BCUT2D eigenvalue weighted by atomic mass is 127. The predicted octanol–water partition coefficient (Wildman–Crippen LogP) is -0.000300. The fraction of sp³-hybridized carbons (Fsp3) is 0.722. The molecule has 31 heavy (non-hydrogen) atoms. The third kappa shape index (κ3) is 7.55. The van der Waals surface area contributed by atoms with Gasteiger partial charge in [0.2, 0.25) is 5.91 Å². The number of carbonyl (C=O) groups excluding carboxylic acids is 5. The molecule has 0 bridgehead atoms. The van der Waals surface area contributed by atoms with Crippen molar-refractivity contribution < 1.29 is 52.0 Å². The van der Waals surface area contributed by atoms with E-state index in [4.69, 9.17) is 18.9 Å². The average molecular weight is 561 g/mol. The molecule has 1 aliphatic heterocycles. The van der Waals surface area contributed by atoms with Gasteiger partial charge in [-0.15, -0.1) is 0 Å². The highest BCUT2D eigenvalue weighted by molar-refractivity contribution is 14.1. The van der Waals surface area contributed by atoms with E-state index in [1.807, 2.05) is 22.6 Å². The lowest BCUT2D eigenvalue weighted by atomic mass is 9.88. The minimum absolute atomic E-state index is 0.113. The third-order valence-corrected chi connectivity index (χ3v) is 5.05. The van der Waals surface area contributed by atoms with E-state index in [2.05, 4.69) is 10.1 Å². The predicted molar refractivity (Wildman–Crippen MR) is 109 cm³/mol. The van der Waals surface area contributed by atoms with Gasteiger partial charge in [-0.05, 0) is 0 Å². The van der Waals surface area contributed by atoms with Crippen molar-refractivity contribution in [1.29, 1.82) is 0 Å². The molecule has 1 unspecified atom stereocenters. The van der Waals surface area contributed by atoms with Gasteiger partial charge in [0.25, 0.3) is 0 Å². The van der Waals surface area contributed by atoms with Crippen LogP contribution in [0.25, 0.3) is 0 Å². The van der Waals surface area contributed by atoms with Crippen LogP contribution in [0.15, 0.2) is 0 Å². The van der Waals surface area contributed by atoms with Crippen LogP contribution in [0.1, 0.15) is 27.7 Å². The number of hydrogen-bond donors (Lipinski definition) is 1. The number of halogens is 2. The lowest BCUT2D eigenvalue weighted by molar-refractivity contribution is -0.228. The Labute approximate surface area is 191 Å². The lowest BCUT2D eigenvalue weighted by Gasteiger charge is -2.45. The third-order valence-electron chi connectivity index (χ3n) is 4.18. The van der Waals surface area contributed by atoms with Gasteiger partial charge in [-0.2, -0.15) is 0 Å². The molecular weight excluding hydrogens is 536 g/mol. The van der Waals surface area contributed by atoms with Gasteiger partial charge in [0.1, 0.15) is 6.10 Å². The Morgan fingerprint density at radius 1 is 1.03 bits per heavy atom. The number of rotatable bonds is 8. The van der Waals surface area contributed by atoms with Crippen LogP contribution in [-0.4, -0.2) is 84.1 Å². The summed E-state index contributed by atoms with van der Waals surface area (Å²) in [6.07, 6.45) is -9.67. The Bertz CT molecular complexity index is 687. The number of methoxy groups -OCH3 is 1. The topological polar surface area (TPSA) is 144 Å². The van der Waals surface area contributed by atoms with Gasteiger partial charge in [-0.3, -0.25) is 19.2 Å². The molecule has 0 aromatic heterocycles. The summed E-state index contributed by atoms with van der Waals surface area (Å²) in [5.74, 6) is -4.13. The van der Waals surface area contributed by atoms with Gasteiger partial charge in [0.05, 0.1) is 13.2 Å². The number of esters is 4. The number of hydrogen-bond acceptors (Lipinski definition) is 10. The van der Waals surface area contributed by atoms with Gasteiger partial charge in [-0.25, -0.2) is 9.18 Å². The molecule has 1 amide bonds. The first-order valence-corrected chi connectivity index (χ1v) is 10.7. The molecule has 7 atom stereocenters. The van der Waals surface area contributed by atoms with Crippen molar-refractivity contribution in [2.45, 2.75) is 70.4 Å². The lowest BCUT2D eigenvalue weighted by Crippen LogP contribution is -2.69. The largest absolute Gasteiger partial charge is 0.467 e. The Kier molecular flexibility index (Phi) is 10.6. The van der Waals surface area contributed by atoms with Crippen molar-refractivity contribution in [2.24, 2.45) is 0 Å². The van der Waals surface area contributed by atoms with Gasteiger partial charge in [0.15, 0.2) is 30.6 Å². The summed E-state index contributed by atoms with van der Waals surface area (Å²) in [7, 11) is 1.00. The molecule has 176 valence electrons. The van der Waals surface area contributed by atoms with Crippen molar-refractivity contribution in [2.75, 3.05) is 11.5 Å².